The van der Waals surface area contributed by atoms with E-state index in [1.54, 1.807) is 6.92 Å². The van der Waals surface area contributed by atoms with Crippen LogP contribution in [-0.2, 0) is 9.53 Å². The summed E-state index contributed by atoms with van der Waals surface area (Å²) in [5.74, 6) is 3.32. The summed E-state index contributed by atoms with van der Waals surface area (Å²) < 4.78 is 5.93. The van der Waals surface area contributed by atoms with Gasteiger partial charge in [0.1, 0.15) is 6.10 Å². The largest absolute Gasteiger partial charge is 0.462 e. The third-order valence-corrected chi connectivity index (χ3v) is 14.3. The summed E-state index contributed by atoms with van der Waals surface area (Å²) in [6.07, 6.45) is 12.8. The van der Waals surface area contributed by atoms with Gasteiger partial charge >= 0.3 is 5.97 Å². The molecule has 0 unspecified atom stereocenters. The number of nitrogens with one attached hydrogen (secondary N) is 1. The van der Waals surface area contributed by atoms with E-state index in [-0.39, 0.29) is 24.1 Å². The van der Waals surface area contributed by atoms with E-state index >= 15 is 0 Å². The first-order chi connectivity index (χ1) is 17.8. The van der Waals surface area contributed by atoms with Crippen LogP contribution in [0.1, 0.15) is 113 Å². The molecule has 0 heterocycles. The second-order valence-electron chi connectivity index (χ2n) is 15.9. The zero-order valence-electron chi connectivity index (χ0n) is 25.6. The normalized spacial score (nSPS) is 49.3. The van der Waals surface area contributed by atoms with Crippen molar-refractivity contribution in [2.45, 2.75) is 119 Å². The Bertz CT molecular complexity index is 944. The fraction of sp³-hybridized carbons (Fsp3) is 0.912. The van der Waals surface area contributed by atoms with Crippen LogP contribution in [0.2, 0.25) is 0 Å². The molecule has 216 valence electrons. The molecule has 4 nitrogen and oxygen atoms in total. The van der Waals surface area contributed by atoms with Crippen molar-refractivity contribution in [3.8, 4) is 0 Å². The van der Waals surface area contributed by atoms with Crippen LogP contribution in [0.3, 0.4) is 0 Å². The van der Waals surface area contributed by atoms with Crippen LogP contribution in [-0.4, -0.2) is 36.9 Å². The predicted octanol–water partition coefficient (Wildman–Crippen LogP) is 7.16. The minimum atomic E-state index is -0.122. The molecule has 0 aromatic heterocycles. The van der Waals surface area contributed by atoms with E-state index in [1.807, 2.05) is 0 Å². The van der Waals surface area contributed by atoms with Crippen LogP contribution in [0.25, 0.3) is 0 Å². The first-order valence-corrected chi connectivity index (χ1v) is 15.9. The van der Waals surface area contributed by atoms with E-state index in [2.05, 4.69) is 53.4 Å². The van der Waals surface area contributed by atoms with Gasteiger partial charge in [0.05, 0.1) is 6.61 Å². The Morgan fingerprint density at radius 2 is 1.63 bits per heavy atom. The predicted molar refractivity (Wildman–Crippen MR) is 154 cm³/mol. The summed E-state index contributed by atoms with van der Waals surface area (Å²) in [6, 6.07) is 0. The van der Waals surface area contributed by atoms with Crippen LogP contribution in [0.5, 0.6) is 0 Å². The van der Waals surface area contributed by atoms with Gasteiger partial charge in [-0.2, -0.15) is 0 Å². The number of carbonyl (C=O) groups is 1. The van der Waals surface area contributed by atoms with E-state index in [0.717, 1.165) is 24.8 Å². The Balaban J connectivity index is 1.48. The quantitative estimate of drug-likeness (QED) is 0.219. The fourth-order valence-electron chi connectivity index (χ4n) is 12.4. The smallest absolute Gasteiger partial charge is 0.302 e. The van der Waals surface area contributed by atoms with E-state index in [1.165, 1.54) is 63.4 Å². The number of carbonyl (C=O) groups excluding carboxylic acids is 1. The molecule has 5 fully saturated rings. The lowest BCUT2D eigenvalue weighted by molar-refractivity contribution is -0.249. The summed E-state index contributed by atoms with van der Waals surface area (Å²) in [5, 5.41) is 13.1. The summed E-state index contributed by atoms with van der Waals surface area (Å²) in [7, 11) is 0. The van der Waals surface area contributed by atoms with Crippen molar-refractivity contribution >= 4 is 5.97 Å². The summed E-state index contributed by atoms with van der Waals surface area (Å²) in [6.45, 7) is 23.2. The first-order valence-electron chi connectivity index (χ1n) is 15.9. The third kappa shape index (κ3) is 3.92. The van der Waals surface area contributed by atoms with E-state index < -0.39 is 0 Å². The maximum atomic E-state index is 11.9. The van der Waals surface area contributed by atoms with Crippen molar-refractivity contribution in [3.05, 3.63) is 12.2 Å². The number of hydrogen-bond donors (Lipinski definition) is 2. The van der Waals surface area contributed by atoms with E-state index in [4.69, 9.17) is 4.74 Å². The fourth-order valence-corrected chi connectivity index (χ4v) is 12.4. The van der Waals surface area contributed by atoms with E-state index in [9.17, 15) is 9.90 Å². The van der Waals surface area contributed by atoms with Gasteiger partial charge in [-0.1, -0.05) is 46.8 Å². The van der Waals surface area contributed by atoms with Crippen molar-refractivity contribution in [1.82, 2.24) is 5.32 Å². The number of esters is 1. The average molecular weight is 528 g/mol. The number of allylic oxidation sites excluding steroid dienone is 1. The zero-order valence-corrected chi connectivity index (χ0v) is 25.6. The van der Waals surface area contributed by atoms with Gasteiger partial charge in [-0.25, -0.2) is 0 Å². The molecule has 0 spiro atoms. The molecular formula is C34H57NO3. The minimum Gasteiger partial charge on any atom is -0.462 e. The lowest BCUT2D eigenvalue weighted by Gasteiger charge is -2.73. The van der Waals surface area contributed by atoms with Crippen molar-refractivity contribution in [1.29, 1.82) is 0 Å². The maximum absolute atomic E-state index is 11.9. The molecule has 5 aliphatic carbocycles. The topological polar surface area (TPSA) is 58.6 Å². The Morgan fingerprint density at radius 3 is 2.29 bits per heavy atom. The highest BCUT2D eigenvalue weighted by molar-refractivity contribution is 5.66. The molecule has 10 atom stereocenters. The number of ether oxygens (including phenoxy) is 1. The van der Waals surface area contributed by atoms with Crippen LogP contribution in [0, 0.1) is 56.7 Å². The molecule has 2 N–H and O–H groups in total. The second kappa shape index (κ2) is 9.61. The Labute approximate surface area is 233 Å². The molecule has 38 heavy (non-hydrogen) atoms. The molecule has 0 aliphatic heterocycles. The minimum absolute atomic E-state index is 0.0222. The number of aliphatic hydroxyl groups excluding tert-OH is 1. The molecule has 0 saturated heterocycles. The van der Waals surface area contributed by atoms with Gasteiger partial charge < -0.3 is 15.2 Å². The molecule has 0 amide bonds. The first kappa shape index (κ1) is 28.7. The molecule has 5 rings (SSSR count). The highest BCUT2D eigenvalue weighted by Crippen LogP contribution is 2.77. The molecule has 0 bridgehead atoms. The second-order valence-corrected chi connectivity index (χ2v) is 15.9. The Morgan fingerprint density at radius 1 is 0.895 bits per heavy atom. The van der Waals surface area contributed by atoms with Gasteiger partial charge in [-0.15, -0.1) is 0 Å². The van der Waals surface area contributed by atoms with Gasteiger partial charge in [0, 0.05) is 25.4 Å². The molecule has 0 aromatic carbocycles. The molecule has 5 aliphatic rings. The van der Waals surface area contributed by atoms with Crippen molar-refractivity contribution in [2.75, 3.05) is 19.7 Å². The number of rotatable bonds is 6. The van der Waals surface area contributed by atoms with E-state index in [0.29, 0.717) is 46.0 Å². The summed E-state index contributed by atoms with van der Waals surface area (Å²) >= 11 is 0. The molecular weight excluding hydrogens is 470 g/mol. The van der Waals surface area contributed by atoms with Gasteiger partial charge in [0.15, 0.2) is 0 Å². The third-order valence-electron chi connectivity index (χ3n) is 14.3. The average Bonchev–Trinajstić information content (AvgIpc) is 3.21. The van der Waals surface area contributed by atoms with Crippen molar-refractivity contribution < 1.29 is 14.6 Å². The molecule has 0 aromatic rings. The van der Waals surface area contributed by atoms with Crippen LogP contribution < -0.4 is 5.32 Å². The number of hydrogen-bond acceptors (Lipinski definition) is 4. The van der Waals surface area contributed by atoms with Crippen LogP contribution >= 0.6 is 0 Å². The Hall–Kier alpha value is -0.870. The number of fused-ring (bicyclic) bond motifs is 7. The van der Waals surface area contributed by atoms with Gasteiger partial charge in [-0.05, 0) is 122 Å². The summed E-state index contributed by atoms with van der Waals surface area (Å²) in [4.78, 5) is 11.9. The Kier molecular flexibility index (Phi) is 7.24. The highest BCUT2D eigenvalue weighted by Gasteiger charge is 2.71. The van der Waals surface area contributed by atoms with Crippen molar-refractivity contribution in [2.24, 2.45) is 56.7 Å². The SMILES string of the molecule is C=C(C)[C@@H]1CC[C@]2(CNCCO)CC[C@]3(C)[C@H](CC[C@@H]4[C@@]5(C)CC[C@H](OC(C)=O)C(C)(C)[C@@H]5CC[C@]43C)[C@@H]12. The monoisotopic (exact) mass is 527 g/mol. The molecule has 0 radical (unpaired) electrons. The zero-order chi connectivity index (χ0) is 27.7. The number of aliphatic hydroxyl groups is 1. The molecule has 4 heteroatoms. The van der Waals surface area contributed by atoms with Crippen molar-refractivity contribution in [3.63, 3.8) is 0 Å². The van der Waals surface area contributed by atoms with Gasteiger partial charge in [-0.3, -0.25) is 4.79 Å². The van der Waals surface area contributed by atoms with Gasteiger partial charge in [0.25, 0.3) is 0 Å². The van der Waals surface area contributed by atoms with Crippen LogP contribution in [0.4, 0.5) is 0 Å². The standard InChI is InChI=1S/C34H57NO3/c1-22(2)24-11-16-34(21-35-19-20-36)18-17-32(7)25(29(24)34)9-10-27-31(6)14-13-28(38-23(3)37)30(4,5)26(31)12-15-33(27,32)8/h24-29,35-36H,1,9-21H2,2-8H3/t24-,25+,26-,27+,28-,29+,31-,32+,33+,34+/m0/s1. The highest BCUT2D eigenvalue weighted by atomic mass is 16.5. The lowest BCUT2D eigenvalue weighted by Crippen LogP contribution is -2.67. The van der Waals surface area contributed by atoms with Gasteiger partial charge in [0.2, 0.25) is 0 Å². The lowest BCUT2D eigenvalue weighted by atomic mass is 9.32. The maximum Gasteiger partial charge on any atom is 0.302 e. The molecule has 5 saturated carbocycles. The van der Waals surface area contributed by atoms with Crippen LogP contribution in [0.15, 0.2) is 12.2 Å². The summed E-state index contributed by atoms with van der Waals surface area (Å²) in [5.41, 5.74) is 2.78.